The molecule has 7 rings (SSSR count). The van der Waals surface area contributed by atoms with E-state index < -0.39 is 20.0 Å². The molecule has 0 aliphatic carbocycles. The molecule has 6 aromatic carbocycles. The number of rotatable bonds is 16. The molecule has 6 aromatic rings. The lowest BCUT2D eigenvalue weighted by Crippen LogP contribution is -2.47. The van der Waals surface area contributed by atoms with E-state index in [-0.39, 0.29) is 9.79 Å². The first-order valence-corrected chi connectivity index (χ1v) is 21.3. The number of sulfonamides is 2. The smallest absolute Gasteiger partial charge is 0.261 e. The monoisotopic (exact) mass is 762 g/mol. The third kappa shape index (κ3) is 9.69. The van der Waals surface area contributed by atoms with Gasteiger partial charge in [0.15, 0.2) is 0 Å². The van der Waals surface area contributed by atoms with Gasteiger partial charge >= 0.3 is 0 Å². The molecule has 0 amide bonds. The first-order valence-electron chi connectivity index (χ1n) is 18.4. The third-order valence-corrected chi connectivity index (χ3v) is 12.5. The van der Waals surface area contributed by atoms with Crippen molar-refractivity contribution in [3.05, 3.63) is 133 Å². The largest absolute Gasteiger partial charge is 0.385 e. The number of nitrogens with one attached hydrogen (secondary N) is 4. The van der Waals surface area contributed by atoms with Gasteiger partial charge in [0.25, 0.3) is 20.0 Å². The fourth-order valence-corrected chi connectivity index (χ4v) is 8.96. The van der Waals surface area contributed by atoms with Crippen LogP contribution in [0.4, 0.5) is 22.7 Å². The Morgan fingerprint density at radius 1 is 0.426 bits per heavy atom. The Bertz CT molecular complexity index is 2260. The van der Waals surface area contributed by atoms with Crippen molar-refractivity contribution >= 4 is 64.3 Å². The minimum absolute atomic E-state index is 0.237. The number of anilines is 4. The van der Waals surface area contributed by atoms with Gasteiger partial charge in [0.2, 0.25) is 0 Å². The lowest BCUT2D eigenvalue weighted by Gasteiger charge is -2.34. The van der Waals surface area contributed by atoms with Crippen molar-refractivity contribution in [1.29, 1.82) is 0 Å². The zero-order chi connectivity index (χ0) is 37.4. The Labute approximate surface area is 318 Å². The molecule has 1 heterocycles. The van der Waals surface area contributed by atoms with Crippen molar-refractivity contribution < 1.29 is 16.8 Å². The molecule has 0 spiro atoms. The summed E-state index contributed by atoms with van der Waals surface area (Å²) in [5, 5.41) is 10.7. The van der Waals surface area contributed by atoms with Crippen LogP contribution in [-0.4, -0.2) is 79.0 Å². The quantitative estimate of drug-likeness (QED) is 0.0748. The Balaban J connectivity index is 0.787. The van der Waals surface area contributed by atoms with Crippen molar-refractivity contribution in [1.82, 2.24) is 9.80 Å². The molecule has 0 atom stereocenters. The molecule has 1 fully saturated rings. The van der Waals surface area contributed by atoms with Crippen LogP contribution in [0.25, 0.3) is 21.5 Å². The Morgan fingerprint density at radius 2 is 0.815 bits per heavy atom. The van der Waals surface area contributed by atoms with Gasteiger partial charge in [-0.3, -0.25) is 9.44 Å². The molecule has 0 bridgehead atoms. The molecule has 0 saturated carbocycles. The van der Waals surface area contributed by atoms with Gasteiger partial charge in [-0.2, -0.15) is 0 Å². The molecule has 12 heteroatoms. The highest BCUT2D eigenvalue weighted by Gasteiger charge is 2.18. The topological polar surface area (TPSA) is 123 Å². The summed E-state index contributed by atoms with van der Waals surface area (Å²) in [4.78, 5) is 5.46. The lowest BCUT2D eigenvalue weighted by atomic mass is 10.1. The van der Waals surface area contributed by atoms with E-state index >= 15 is 0 Å². The van der Waals surface area contributed by atoms with Crippen molar-refractivity contribution in [3.63, 3.8) is 0 Å². The molecule has 0 radical (unpaired) electrons. The highest BCUT2D eigenvalue weighted by atomic mass is 32.2. The zero-order valence-corrected chi connectivity index (χ0v) is 31.7. The number of benzene rings is 6. The molecule has 4 N–H and O–H groups in total. The van der Waals surface area contributed by atoms with Crippen LogP contribution in [0.1, 0.15) is 12.8 Å². The van der Waals surface area contributed by atoms with Gasteiger partial charge in [0, 0.05) is 50.6 Å². The van der Waals surface area contributed by atoms with Crippen LogP contribution in [0.15, 0.2) is 143 Å². The standard InChI is InChI=1S/C42H46N6O4S2/c49-53(50,41-19-17-33-9-1-3-11-35(33)29-41)45-39-15-5-13-37(31-39)43-21-7-23-47-25-27-48(28-26-47)24-8-22-44-38-14-6-16-40(32-38)46-54(51,52)42-20-18-34-10-2-4-12-36(34)30-42/h1-6,9-20,29-32,43-46H,7-8,21-28H2. The molecule has 1 aliphatic heterocycles. The van der Waals surface area contributed by atoms with E-state index in [0.29, 0.717) is 11.4 Å². The summed E-state index contributed by atoms with van der Waals surface area (Å²) in [7, 11) is -7.44. The van der Waals surface area contributed by atoms with Crippen LogP contribution in [0.3, 0.4) is 0 Å². The number of fused-ring (bicyclic) bond motifs is 2. The van der Waals surface area contributed by atoms with E-state index in [1.54, 1.807) is 36.4 Å². The summed E-state index contributed by atoms with van der Waals surface area (Å²) in [6, 6.07) is 40.5. The number of nitrogens with zero attached hydrogens (tertiary/aromatic N) is 2. The highest BCUT2D eigenvalue weighted by Crippen LogP contribution is 2.25. The summed E-state index contributed by atoms with van der Waals surface area (Å²) in [6.45, 7) is 7.68. The molecule has 1 saturated heterocycles. The van der Waals surface area contributed by atoms with Gasteiger partial charge in [-0.15, -0.1) is 0 Å². The molecule has 54 heavy (non-hydrogen) atoms. The minimum Gasteiger partial charge on any atom is -0.385 e. The summed E-state index contributed by atoms with van der Waals surface area (Å²) in [6.07, 6.45) is 1.96. The van der Waals surface area contributed by atoms with Gasteiger partial charge in [0.05, 0.1) is 21.2 Å². The summed E-state index contributed by atoms with van der Waals surface area (Å²) in [5.41, 5.74) is 2.80. The van der Waals surface area contributed by atoms with Crippen LogP contribution in [-0.2, 0) is 20.0 Å². The van der Waals surface area contributed by atoms with Gasteiger partial charge in [0.1, 0.15) is 0 Å². The second-order valence-corrected chi connectivity index (χ2v) is 17.0. The van der Waals surface area contributed by atoms with Gasteiger partial charge in [-0.05, 0) is 108 Å². The van der Waals surface area contributed by atoms with Crippen LogP contribution in [0, 0.1) is 0 Å². The van der Waals surface area contributed by atoms with Crippen LogP contribution in [0.2, 0.25) is 0 Å². The molecular formula is C42H46N6O4S2. The van der Waals surface area contributed by atoms with E-state index in [9.17, 15) is 16.8 Å². The SMILES string of the molecule is O=S(=O)(Nc1cccc(NCCCN2CCN(CCCNc3cccc(NS(=O)(=O)c4ccc5ccccc5c4)c3)CC2)c1)c1ccc2ccccc2c1. The maximum absolute atomic E-state index is 13.1. The predicted molar refractivity (Wildman–Crippen MR) is 221 cm³/mol. The average Bonchev–Trinajstić information content (AvgIpc) is 3.18. The van der Waals surface area contributed by atoms with E-state index in [1.165, 1.54) is 0 Å². The van der Waals surface area contributed by atoms with Crippen molar-refractivity contribution in [2.75, 3.05) is 72.4 Å². The fourth-order valence-electron chi connectivity index (χ4n) is 6.79. The maximum Gasteiger partial charge on any atom is 0.261 e. The van der Waals surface area contributed by atoms with E-state index in [4.69, 9.17) is 0 Å². The molecule has 0 unspecified atom stereocenters. The maximum atomic E-state index is 13.1. The van der Waals surface area contributed by atoms with E-state index in [1.807, 2.05) is 97.1 Å². The highest BCUT2D eigenvalue weighted by molar-refractivity contribution is 7.93. The number of piperazine rings is 1. The molecule has 280 valence electrons. The summed E-state index contributed by atoms with van der Waals surface area (Å²) in [5.74, 6) is 0. The Hall–Kier alpha value is -5.14. The first-order chi connectivity index (χ1) is 26.2. The van der Waals surface area contributed by atoms with Crippen LogP contribution >= 0.6 is 0 Å². The van der Waals surface area contributed by atoms with Gasteiger partial charge < -0.3 is 20.4 Å². The molecule has 1 aliphatic rings. The van der Waals surface area contributed by atoms with Crippen molar-refractivity contribution in [2.24, 2.45) is 0 Å². The Kier molecular flexibility index (Phi) is 11.6. The normalized spacial score (nSPS) is 14.2. The van der Waals surface area contributed by atoms with Gasteiger partial charge in [-0.1, -0.05) is 72.8 Å². The van der Waals surface area contributed by atoms with Gasteiger partial charge in [-0.25, -0.2) is 16.8 Å². The second kappa shape index (κ2) is 16.9. The molecule has 10 nitrogen and oxygen atoms in total. The molecular weight excluding hydrogens is 717 g/mol. The van der Waals surface area contributed by atoms with E-state index in [0.717, 1.165) is 98.1 Å². The number of hydrogen-bond donors (Lipinski definition) is 4. The first kappa shape index (κ1) is 37.2. The van der Waals surface area contributed by atoms with Crippen molar-refractivity contribution in [2.45, 2.75) is 22.6 Å². The second-order valence-electron chi connectivity index (χ2n) is 13.6. The van der Waals surface area contributed by atoms with Crippen LogP contribution in [0.5, 0.6) is 0 Å². The van der Waals surface area contributed by atoms with Crippen molar-refractivity contribution in [3.8, 4) is 0 Å². The van der Waals surface area contributed by atoms with Crippen LogP contribution < -0.4 is 20.1 Å². The zero-order valence-electron chi connectivity index (χ0n) is 30.1. The number of hydrogen-bond acceptors (Lipinski definition) is 8. The fraction of sp³-hybridized carbons (Fsp3) is 0.238. The lowest BCUT2D eigenvalue weighted by molar-refractivity contribution is 0.132. The average molecular weight is 763 g/mol. The third-order valence-electron chi connectivity index (χ3n) is 9.72. The predicted octanol–water partition coefficient (Wildman–Crippen LogP) is 7.52. The Morgan fingerprint density at radius 3 is 1.24 bits per heavy atom. The minimum atomic E-state index is -3.72. The summed E-state index contributed by atoms with van der Waals surface area (Å²) < 4.78 is 57.8. The van der Waals surface area contributed by atoms with E-state index in [2.05, 4.69) is 29.9 Å². The molecule has 0 aromatic heterocycles. The summed E-state index contributed by atoms with van der Waals surface area (Å²) >= 11 is 0.